The quantitative estimate of drug-likeness (QED) is 0.658. The highest BCUT2D eigenvalue weighted by molar-refractivity contribution is 6.07. The Morgan fingerprint density at radius 1 is 0.909 bits per heavy atom. The zero-order valence-electron chi connectivity index (χ0n) is 11.8. The summed E-state index contributed by atoms with van der Waals surface area (Å²) in [6, 6.07) is 14.1. The molecule has 1 aliphatic heterocycles. The van der Waals surface area contributed by atoms with E-state index in [9.17, 15) is 20.0 Å². The van der Waals surface area contributed by atoms with E-state index in [1.165, 1.54) is 0 Å². The van der Waals surface area contributed by atoms with Gasteiger partial charge >= 0.3 is 6.03 Å². The third-order valence-corrected chi connectivity index (χ3v) is 3.91. The minimum Gasteiger partial charge on any atom is -0.283 e. The van der Waals surface area contributed by atoms with Gasteiger partial charge in [0.25, 0.3) is 5.91 Å². The fourth-order valence-corrected chi connectivity index (χ4v) is 2.85. The van der Waals surface area contributed by atoms with E-state index in [1.54, 1.807) is 61.5 Å². The molecule has 1 fully saturated rings. The van der Waals surface area contributed by atoms with Crippen molar-refractivity contribution in [3.05, 3.63) is 71.3 Å². The summed E-state index contributed by atoms with van der Waals surface area (Å²) in [4.78, 5) is 24.6. The van der Waals surface area contributed by atoms with E-state index in [2.05, 4.69) is 0 Å². The van der Waals surface area contributed by atoms with Crippen LogP contribution in [0.2, 0.25) is 0 Å². The highest BCUT2D eigenvalue weighted by Gasteiger charge is 2.60. The van der Waals surface area contributed by atoms with Crippen LogP contribution in [-0.2, 0) is 10.3 Å². The average Bonchev–Trinajstić information content (AvgIpc) is 2.71. The first-order valence-electron chi connectivity index (χ1n) is 6.69. The number of imide groups is 1. The first-order chi connectivity index (χ1) is 10.5. The van der Waals surface area contributed by atoms with Gasteiger partial charge in [-0.1, -0.05) is 54.6 Å². The number of urea groups is 1. The average molecular weight is 298 g/mol. The van der Waals surface area contributed by atoms with Gasteiger partial charge in [0.05, 0.1) is 0 Å². The van der Waals surface area contributed by atoms with Gasteiger partial charge in [-0.2, -0.15) is 5.06 Å². The predicted octanol–water partition coefficient (Wildman–Crippen LogP) is 2.28. The summed E-state index contributed by atoms with van der Waals surface area (Å²) in [6.45, 7) is 1.77. The lowest BCUT2D eigenvalue weighted by Crippen LogP contribution is -2.46. The van der Waals surface area contributed by atoms with Gasteiger partial charge in [0.2, 0.25) is 5.54 Å². The van der Waals surface area contributed by atoms with Crippen LogP contribution in [0.15, 0.2) is 54.6 Å². The Morgan fingerprint density at radius 2 is 1.50 bits per heavy atom. The lowest BCUT2D eigenvalue weighted by molar-refractivity contribution is -0.155. The largest absolute Gasteiger partial charge is 0.376 e. The molecule has 0 aromatic heterocycles. The number of hydrogen-bond donors (Lipinski definition) is 2. The highest BCUT2D eigenvalue weighted by Crippen LogP contribution is 2.42. The van der Waals surface area contributed by atoms with Gasteiger partial charge in [0, 0.05) is 0 Å². The smallest absolute Gasteiger partial charge is 0.283 e. The summed E-state index contributed by atoms with van der Waals surface area (Å²) >= 11 is 0. The second-order valence-electron chi connectivity index (χ2n) is 5.10. The molecule has 0 radical (unpaired) electrons. The van der Waals surface area contributed by atoms with Crippen LogP contribution in [0.4, 0.5) is 4.79 Å². The SMILES string of the molecule is Cc1ccccc1C1(c2ccccc2)C(=O)N(O)C(=O)N1O. The number of aryl methyl sites for hydroxylation is 1. The molecule has 112 valence electrons. The van der Waals surface area contributed by atoms with Crippen molar-refractivity contribution in [3.63, 3.8) is 0 Å². The Kier molecular flexibility index (Phi) is 3.20. The normalized spacial score (nSPS) is 21.6. The van der Waals surface area contributed by atoms with Crippen LogP contribution in [0.5, 0.6) is 0 Å². The molecule has 1 atom stereocenters. The van der Waals surface area contributed by atoms with Crippen molar-refractivity contribution in [1.29, 1.82) is 0 Å². The van der Waals surface area contributed by atoms with Crippen LogP contribution in [0.1, 0.15) is 16.7 Å². The first-order valence-corrected chi connectivity index (χ1v) is 6.69. The molecule has 0 aliphatic carbocycles. The predicted molar refractivity (Wildman–Crippen MR) is 76.1 cm³/mol. The van der Waals surface area contributed by atoms with E-state index < -0.39 is 17.5 Å². The van der Waals surface area contributed by atoms with Gasteiger partial charge in [-0.15, -0.1) is 5.06 Å². The van der Waals surface area contributed by atoms with Crippen molar-refractivity contribution >= 4 is 11.9 Å². The lowest BCUT2D eigenvalue weighted by Gasteiger charge is -2.32. The number of rotatable bonds is 2. The Bertz CT molecular complexity index is 747. The summed E-state index contributed by atoms with van der Waals surface area (Å²) in [6.07, 6.45) is 0. The van der Waals surface area contributed by atoms with Crippen LogP contribution in [0.3, 0.4) is 0 Å². The molecule has 6 nitrogen and oxygen atoms in total. The van der Waals surface area contributed by atoms with Gasteiger partial charge in [-0.25, -0.2) is 4.79 Å². The number of nitrogens with zero attached hydrogens (tertiary/aromatic N) is 2. The van der Waals surface area contributed by atoms with Crippen molar-refractivity contribution in [2.75, 3.05) is 0 Å². The number of amides is 3. The van der Waals surface area contributed by atoms with Crippen molar-refractivity contribution in [3.8, 4) is 0 Å². The molecule has 2 N–H and O–H groups in total. The zero-order chi connectivity index (χ0) is 15.9. The first kappa shape index (κ1) is 14.2. The van der Waals surface area contributed by atoms with Gasteiger partial charge in [0.1, 0.15) is 0 Å². The summed E-state index contributed by atoms with van der Waals surface area (Å²) in [7, 11) is 0. The Balaban J connectivity index is 2.37. The molecule has 22 heavy (non-hydrogen) atoms. The molecular weight excluding hydrogens is 284 g/mol. The molecule has 0 spiro atoms. The van der Waals surface area contributed by atoms with Crippen LogP contribution in [0, 0.1) is 6.92 Å². The number of carbonyl (C=O) groups is 2. The molecule has 0 saturated carbocycles. The van der Waals surface area contributed by atoms with Gasteiger partial charge in [-0.05, 0) is 23.6 Å². The number of hydrogen-bond acceptors (Lipinski definition) is 4. The summed E-state index contributed by atoms with van der Waals surface area (Å²) < 4.78 is 0. The maximum atomic E-state index is 12.7. The summed E-state index contributed by atoms with van der Waals surface area (Å²) in [5, 5.41) is 20.3. The minimum atomic E-state index is -1.79. The maximum absolute atomic E-state index is 12.7. The molecule has 1 aliphatic rings. The van der Waals surface area contributed by atoms with Crippen LogP contribution < -0.4 is 0 Å². The zero-order valence-corrected chi connectivity index (χ0v) is 11.8. The van der Waals surface area contributed by atoms with E-state index in [0.29, 0.717) is 16.7 Å². The third-order valence-electron chi connectivity index (χ3n) is 3.91. The van der Waals surface area contributed by atoms with Crippen molar-refractivity contribution < 1.29 is 20.0 Å². The second kappa shape index (κ2) is 4.94. The summed E-state index contributed by atoms with van der Waals surface area (Å²) in [5.41, 5.74) is -0.263. The molecule has 1 unspecified atom stereocenters. The van der Waals surface area contributed by atoms with Crippen molar-refractivity contribution in [2.24, 2.45) is 0 Å². The Morgan fingerprint density at radius 3 is 2.05 bits per heavy atom. The maximum Gasteiger partial charge on any atom is 0.376 e. The van der Waals surface area contributed by atoms with E-state index in [4.69, 9.17) is 0 Å². The molecule has 1 heterocycles. The molecule has 0 bridgehead atoms. The van der Waals surface area contributed by atoms with E-state index in [0.717, 1.165) is 0 Å². The van der Waals surface area contributed by atoms with Crippen LogP contribution in [0.25, 0.3) is 0 Å². The second-order valence-corrected chi connectivity index (χ2v) is 5.10. The lowest BCUT2D eigenvalue weighted by atomic mass is 9.80. The van der Waals surface area contributed by atoms with Gasteiger partial charge < -0.3 is 0 Å². The standard InChI is InChI=1S/C16H14N2O4/c1-11-7-5-6-10-13(11)16(12-8-3-2-4-9-12)14(19)17(21)15(20)18(16)22/h2-10,21-22H,1H3. The Hall–Kier alpha value is -2.70. The van der Waals surface area contributed by atoms with Gasteiger partial charge in [-0.3, -0.25) is 15.2 Å². The van der Waals surface area contributed by atoms with Crippen LogP contribution in [-0.4, -0.2) is 32.5 Å². The topological polar surface area (TPSA) is 81.1 Å². The Labute approximate surface area is 126 Å². The minimum absolute atomic E-state index is 0.0561. The van der Waals surface area contributed by atoms with Gasteiger partial charge in [0.15, 0.2) is 0 Å². The van der Waals surface area contributed by atoms with Crippen molar-refractivity contribution in [2.45, 2.75) is 12.5 Å². The van der Waals surface area contributed by atoms with Crippen LogP contribution >= 0.6 is 0 Å². The molecular formula is C16H14N2O4. The van der Waals surface area contributed by atoms with E-state index >= 15 is 0 Å². The summed E-state index contributed by atoms with van der Waals surface area (Å²) in [5.74, 6) is -0.916. The molecule has 2 aromatic rings. The fourth-order valence-electron chi connectivity index (χ4n) is 2.85. The number of carbonyl (C=O) groups excluding carboxylic acids is 2. The van der Waals surface area contributed by atoms with E-state index in [1.807, 2.05) is 0 Å². The van der Waals surface area contributed by atoms with Crippen molar-refractivity contribution in [1.82, 2.24) is 10.1 Å². The molecule has 3 rings (SSSR count). The monoisotopic (exact) mass is 298 g/mol. The number of hydroxylamine groups is 4. The number of benzene rings is 2. The van der Waals surface area contributed by atoms with E-state index in [-0.39, 0.29) is 10.1 Å². The molecule has 6 heteroatoms. The highest BCUT2D eigenvalue weighted by atomic mass is 16.6. The fraction of sp³-hybridized carbons (Fsp3) is 0.125. The molecule has 2 aromatic carbocycles. The molecule has 1 saturated heterocycles. The molecule has 3 amide bonds. The third kappa shape index (κ3) is 1.68.